The van der Waals surface area contributed by atoms with Crippen molar-refractivity contribution >= 4 is 29.5 Å². The highest BCUT2D eigenvalue weighted by Crippen LogP contribution is 1.85. The van der Waals surface area contributed by atoms with Crippen LogP contribution in [0.4, 0.5) is 0 Å². The quantitative estimate of drug-likeness (QED) is 0.330. The normalized spacial score (nSPS) is 9.05. The van der Waals surface area contributed by atoms with E-state index in [-0.39, 0.29) is 12.8 Å². The Balaban J connectivity index is 0. The molecule has 0 bridgehead atoms. The maximum Gasteiger partial charge on any atom is 0.372 e. The fourth-order valence-corrected chi connectivity index (χ4v) is 0.572. The van der Waals surface area contributed by atoms with E-state index in [0.29, 0.717) is 0 Å². The van der Waals surface area contributed by atoms with Crippen LogP contribution in [0.15, 0.2) is 24.8 Å². The van der Waals surface area contributed by atoms with Gasteiger partial charge in [0.1, 0.15) is 0 Å². The molecule has 0 amide bonds. The highest BCUT2D eigenvalue weighted by molar-refractivity contribution is 6.33. The molecule has 0 spiro atoms. The minimum absolute atomic E-state index is 0.0880. The van der Waals surface area contributed by atoms with Crippen molar-refractivity contribution in [2.45, 2.75) is 12.8 Å². The van der Waals surface area contributed by atoms with Gasteiger partial charge in [0.2, 0.25) is 11.6 Å². The van der Waals surface area contributed by atoms with Crippen molar-refractivity contribution in [3.8, 4) is 0 Å². The highest BCUT2D eigenvalue weighted by Gasteiger charge is 2.07. The van der Waals surface area contributed by atoms with Crippen LogP contribution in [-0.2, 0) is 24.0 Å². The Hall–Kier alpha value is -2.77. The fourth-order valence-electron chi connectivity index (χ4n) is 0.572. The summed E-state index contributed by atoms with van der Waals surface area (Å²) in [7, 11) is 0. The minimum Gasteiger partial charge on any atom is -0.478 e. The molecule has 0 aliphatic rings. The van der Waals surface area contributed by atoms with E-state index in [9.17, 15) is 24.0 Å². The number of ketones is 2. The summed E-state index contributed by atoms with van der Waals surface area (Å²) in [6, 6.07) is 0. The number of carbonyl (C=O) groups excluding carboxylic acids is 2. The lowest BCUT2D eigenvalue weighted by Crippen LogP contribution is -2.10. The third-order valence-corrected chi connectivity index (χ3v) is 1.37. The van der Waals surface area contributed by atoms with Crippen LogP contribution >= 0.6 is 0 Å². The number of aliphatic carboxylic acids is 3. The molecule has 8 nitrogen and oxygen atoms in total. The van der Waals surface area contributed by atoms with Crippen molar-refractivity contribution in [1.29, 1.82) is 0 Å². The molecular formula is C11H12O8. The summed E-state index contributed by atoms with van der Waals surface area (Å²) in [6.45, 7) is 3.20. The maximum absolute atomic E-state index is 10.3. The minimum atomic E-state index is -1.56. The first kappa shape index (κ1) is 18.6. The van der Waals surface area contributed by atoms with Gasteiger partial charge in [-0.15, -0.1) is 6.58 Å². The molecule has 0 rings (SSSR count). The molecule has 0 aromatic carbocycles. The molecule has 0 unspecified atom stereocenters. The Kier molecular flexibility index (Phi) is 10.2. The van der Waals surface area contributed by atoms with Crippen LogP contribution < -0.4 is 0 Å². The van der Waals surface area contributed by atoms with E-state index >= 15 is 0 Å². The van der Waals surface area contributed by atoms with E-state index < -0.39 is 29.5 Å². The Bertz CT molecular complexity index is 418. The summed E-state index contributed by atoms with van der Waals surface area (Å²) in [6.07, 6.45) is 2.49. The Morgan fingerprint density at radius 3 is 1.53 bits per heavy atom. The molecule has 0 saturated carbocycles. The van der Waals surface area contributed by atoms with E-state index in [4.69, 9.17) is 15.3 Å². The molecule has 0 atom stereocenters. The summed E-state index contributed by atoms with van der Waals surface area (Å²) in [5.74, 6) is -6.00. The summed E-state index contributed by atoms with van der Waals surface area (Å²) in [4.78, 5) is 49.7. The van der Waals surface area contributed by atoms with E-state index in [0.717, 1.165) is 12.2 Å². The van der Waals surface area contributed by atoms with Gasteiger partial charge in [0, 0.05) is 18.9 Å². The van der Waals surface area contributed by atoms with Crippen molar-refractivity contribution in [3.05, 3.63) is 24.8 Å². The summed E-state index contributed by atoms with van der Waals surface area (Å²) >= 11 is 0. The zero-order valence-electron chi connectivity index (χ0n) is 9.74. The summed E-state index contributed by atoms with van der Waals surface area (Å²) in [5, 5.41) is 24.0. The van der Waals surface area contributed by atoms with Crippen LogP contribution in [0.1, 0.15) is 12.8 Å². The predicted molar refractivity (Wildman–Crippen MR) is 61.5 cm³/mol. The third-order valence-electron chi connectivity index (χ3n) is 1.37. The number of rotatable bonds is 7. The van der Waals surface area contributed by atoms with Crippen molar-refractivity contribution in [1.82, 2.24) is 0 Å². The van der Waals surface area contributed by atoms with Crippen molar-refractivity contribution in [2.75, 3.05) is 0 Å². The number of carboxylic acid groups (broad SMARTS) is 3. The van der Waals surface area contributed by atoms with E-state index in [2.05, 4.69) is 6.58 Å². The van der Waals surface area contributed by atoms with Crippen LogP contribution in [0, 0.1) is 0 Å². The van der Waals surface area contributed by atoms with Gasteiger partial charge in [0.15, 0.2) is 0 Å². The molecule has 0 aliphatic heterocycles. The number of allylic oxidation sites excluding steroid dienone is 2. The van der Waals surface area contributed by atoms with Gasteiger partial charge in [0.05, 0.1) is 0 Å². The molecule has 0 aromatic heterocycles. The van der Waals surface area contributed by atoms with E-state index in [1.54, 1.807) is 0 Å². The van der Waals surface area contributed by atoms with E-state index in [1.807, 2.05) is 0 Å². The van der Waals surface area contributed by atoms with E-state index in [1.165, 1.54) is 6.08 Å². The van der Waals surface area contributed by atoms with Gasteiger partial charge in [-0.1, -0.05) is 12.2 Å². The standard InChI is InChI=1S/C6H6O5.C5H6O3/c7-4(6(10)11)2-1-3-5(8)9;1-2-3-4(6)5(7)8/h1,3H,2H2,(H,8,9)(H,10,11);2H,1,3H2,(H,7,8)/b3-1+;. The van der Waals surface area contributed by atoms with Gasteiger partial charge in [-0.25, -0.2) is 14.4 Å². The molecule has 0 aromatic rings. The van der Waals surface area contributed by atoms with Crippen LogP contribution in [0.2, 0.25) is 0 Å². The molecule has 19 heavy (non-hydrogen) atoms. The molecule has 0 aliphatic carbocycles. The summed E-state index contributed by atoms with van der Waals surface area (Å²) in [5.41, 5.74) is 0. The number of carbonyl (C=O) groups is 5. The highest BCUT2D eigenvalue weighted by atomic mass is 16.4. The van der Waals surface area contributed by atoms with Gasteiger partial charge < -0.3 is 15.3 Å². The van der Waals surface area contributed by atoms with Gasteiger partial charge in [-0.2, -0.15) is 0 Å². The number of carboxylic acids is 3. The average molecular weight is 272 g/mol. The van der Waals surface area contributed by atoms with Gasteiger partial charge in [0.25, 0.3) is 0 Å². The molecule has 0 radical (unpaired) electrons. The van der Waals surface area contributed by atoms with Crippen LogP contribution in [0.25, 0.3) is 0 Å². The lowest BCUT2D eigenvalue weighted by Gasteiger charge is -1.84. The second kappa shape index (κ2) is 10.4. The second-order valence-electron chi connectivity index (χ2n) is 2.89. The van der Waals surface area contributed by atoms with Crippen LogP contribution in [-0.4, -0.2) is 44.8 Å². The SMILES string of the molecule is C=CCC(=O)C(=O)O.O=C(O)/C=C/CC(=O)C(=O)O. The first-order valence-corrected chi connectivity index (χ1v) is 4.75. The Morgan fingerprint density at radius 2 is 1.26 bits per heavy atom. The zero-order chi connectivity index (χ0) is 15.4. The molecule has 0 fully saturated rings. The van der Waals surface area contributed by atoms with Crippen LogP contribution in [0.3, 0.4) is 0 Å². The lowest BCUT2D eigenvalue weighted by atomic mass is 10.3. The monoisotopic (exact) mass is 272 g/mol. The largest absolute Gasteiger partial charge is 0.478 e. The van der Waals surface area contributed by atoms with Gasteiger partial charge in [-0.05, 0) is 0 Å². The molecule has 8 heteroatoms. The number of Topliss-reactive ketones (excluding diaryl/α,β-unsaturated/α-hetero) is 2. The Labute approximate surface area is 107 Å². The van der Waals surface area contributed by atoms with Gasteiger partial charge in [-0.3, -0.25) is 9.59 Å². The third kappa shape index (κ3) is 13.2. The molecule has 0 heterocycles. The number of hydrogen-bond acceptors (Lipinski definition) is 5. The van der Waals surface area contributed by atoms with Gasteiger partial charge >= 0.3 is 17.9 Å². The summed E-state index contributed by atoms with van der Waals surface area (Å²) < 4.78 is 0. The zero-order valence-corrected chi connectivity index (χ0v) is 9.74. The first-order valence-electron chi connectivity index (χ1n) is 4.75. The molecule has 3 N–H and O–H groups in total. The topological polar surface area (TPSA) is 146 Å². The predicted octanol–water partition coefficient (Wildman–Crippen LogP) is -0.113. The first-order chi connectivity index (χ1) is 8.72. The molecule has 104 valence electrons. The second-order valence-corrected chi connectivity index (χ2v) is 2.89. The maximum atomic E-state index is 10.3. The van der Waals surface area contributed by atoms with Crippen molar-refractivity contribution in [2.24, 2.45) is 0 Å². The fraction of sp³-hybridized carbons (Fsp3) is 0.182. The van der Waals surface area contributed by atoms with Crippen molar-refractivity contribution in [3.63, 3.8) is 0 Å². The van der Waals surface area contributed by atoms with Crippen LogP contribution in [0.5, 0.6) is 0 Å². The average Bonchev–Trinajstić information content (AvgIpc) is 2.29. The number of hydrogen-bond donors (Lipinski definition) is 3. The van der Waals surface area contributed by atoms with Crippen molar-refractivity contribution < 1.29 is 39.3 Å². The Morgan fingerprint density at radius 1 is 0.842 bits per heavy atom. The smallest absolute Gasteiger partial charge is 0.372 e. The molecular weight excluding hydrogens is 260 g/mol. The lowest BCUT2D eigenvalue weighted by molar-refractivity contribution is -0.148. The molecule has 0 saturated heterocycles.